The highest BCUT2D eigenvalue weighted by atomic mass is 16.3. The van der Waals surface area contributed by atoms with Gasteiger partial charge in [0.1, 0.15) is 0 Å². The average Bonchev–Trinajstić information content (AvgIpc) is 2.82. The zero-order chi connectivity index (χ0) is 21.9. The number of rotatable bonds is 9. The lowest BCUT2D eigenvalue weighted by atomic mass is 10.0. The van der Waals surface area contributed by atoms with Crippen LogP contribution in [0.25, 0.3) is 0 Å². The van der Waals surface area contributed by atoms with Gasteiger partial charge in [-0.25, -0.2) is 0 Å². The van der Waals surface area contributed by atoms with E-state index in [9.17, 15) is 5.11 Å². The molecule has 0 spiro atoms. The fraction of sp³-hybridized carbons (Fsp3) is 0.480. The Labute approximate surface area is 187 Å². The van der Waals surface area contributed by atoms with E-state index in [0.717, 1.165) is 57.2 Å². The third-order valence-corrected chi connectivity index (χ3v) is 5.91. The Bertz CT molecular complexity index is 803. The van der Waals surface area contributed by atoms with Gasteiger partial charge in [-0.15, -0.1) is 0 Å². The van der Waals surface area contributed by atoms with E-state index >= 15 is 0 Å². The number of hydrogen-bond donors (Lipinski definition) is 3. The third kappa shape index (κ3) is 7.26. The molecule has 1 saturated heterocycles. The summed E-state index contributed by atoms with van der Waals surface area (Å²) in [6.07, 6.45) is 1.08. The van der Waals surface area contributed by atoms with Crippen molar-refractivity contribution in [2.75, 3.05) is 64.4 Å². The molecular weight excluding hydrogens is 386 g/mol. The van der Waals surface area contributed by atoms with Crippen LogP contribution >= 0.6 is 0 Å². The van der Waals surface area contributed by atoms with Gasteiger partial charge < -0.3 is 20.6 Å². The van der Waals surface area contributed by atoms with Crippen LogP contribution in [0.3, 0.4) is 0 Å². The molecule has 0 bridgehead atoms. The molecular formula is C25H37N5O. The minimum absolute atomic E-state index is 0.0597. The normalized spacial score (nSPS) is 16.2. The zero-order valence-electron chi connectivity index (χ0n) is 18.9. The van der Waals surface area contributed by atoms with Crippen LogP contribution in [0.1, 0.15) is 23.5 Å². The summed E-state index contributed by atoms with van der Waals surface area (Å²) in [6.45, 7) is 9.28. The van der Waals surface area contributed by atoms with Gasteiger partial charge in [-0.1, -0.05) is 42.5 Å². The molecule has 31 heavy (non-hydrogen) atoms. The topological polar surface area (TPSA) is 63.1 Å². The van der Waals surface area contributed by atoms with Crippen molar-refractivity contribution in [2.24, 2.45) is 4.99 Å². The summed E-state index contributed by atoms with van der Waals surface area (Å²) in [5.41, 5.74) is 3.80. The van der Waals surface area contributed by atoms with E-state index in [2.05, 4.69) is 68.7 Å². The van der Waals surface area contributed by atoms with E-state index in [1.54, 1.807) is 7.05 Å². The van der Waals surface area contributed by atoms with Gasteiger partial charge in [0.25, 0.3) is 0 Å². The summed E-state index contributed by atoms with van der Waals surface area (Å²) in [4.78, 5) is 9.34. The molecule has 2 aromatic rings. The van der Waals surface area contributed by atoms with E-state index in [-0.39, 0.29) is 12.5 Å². The molecule has 0 aromatic heterocycles. The van der Waals surface area contributed by atoms with Crippen LogP contribution < -0.4 is 15.5 Å². The summed E-state index contributed by atoms with van der Waals surface area (Å²) < 4.78 is 0. The highest BCUT2D eigenvalue weighted by Gasteiger charge is 2.17. The van der Waals surface area contributed by atoms with Gasteiger partial charge in [0.05, 0.1) is 6.61 Å². The van der Waals surface area contributed by atoms with Crippen LogP contribution in [0.2, 0.25) is 0 Å². The maximum atomic E-state index is 9.72. The molecule has 1 aliphatic rings. The van der Waals surface area contributed by atoms with E-state index in [0.29, 0.717) is 6.54 Å². The van der Waals surface area contributed by atoms with Gasteiger partial charge in [-0.3, -0.25) is 9.89 Å². The summed E-state index contributed by atoms with van der Waals surface area (Å²) in [6, 6.07) is 18.9. The monoisotopic (exact) mass is 423 g/mol. The molecule has 6 heteroatoms. The third-order valence-electron chi connectivity index (χ3n) is 5.91. The molecule has 1 fully saturated rings. The lowest BCUT2D eigenvalue weighted by molar-refractivity contribution is 0.255. The quantitative estimate of drug-likeness (QED) is 0.329. The standard InChI is InChI=1S/C25H37N5O/c1-21-8-6-11-24(18-21)30-16-14-29(15-17-30)13-7-12-27-25(26-2)28-19-23(20-31)22-9-4-3-5-10-22/h3-6,8-11,18,23,31H,7,12-17,19-20H2,1-2H3,(H2,26,27,28). The largest absolute Gasteiger partial charge is 0.396 e. The number of nitrogens with one attached hydrogen (secondary N) is 2. The second-order valence-corrected chi connectivity index (χ2v) is 8.19. The van der Waals surface area contributed by atoms with Crippen LogP contribution in [0.15, 0.2) is 59.6 Å². The van der Waals surface area contributed by atoms with Crippen molar-refractivity contribution < 1.29 is 5.11 Å². The number of guanidine groups is 1. The fourth-order valence-corrected chi connectivity index (χ4v) is 4.02. The molecule has 168 valence electrons. The molecule has 6 nitrogen and oxygen atoms in total. The molecule has 3 rings (SSSR count). The zero-order valence-corrected chi connectivity index (χ0v) is 18.9. The van der Waals surface area contributed by atoms with Gasteiger partial charge >= 0.3 is 0 Å². The molecule has 0 aliphatic carbocycles. The van der Waals surface area contributed by atoms with Gasteiger partial charge in [0, 0.05) is 57.9 Å². The fourth-order valence-electron chi connectivity index (χ4n) is 4.02. The lowest BCUT2D eigenvalue weighted by Gasteiger charge is -2.36. The number of piperazine rings is 1. The summed E-state index contributed by atoms with van der Waals surface area (Å²) in [7, 11) is 1.79. The minimum atomic E-state index is 0.0597. The lowest BCUT2D eigenvalue weighted by Crippen LogP contribution is -2.47. The van der Waals surface area contributed by atoms with Crippen LogP contribution in [0, 0.1) is 6.92 Å². The molecule has 0 amide bonds. The van der Waals surface area contributed by atoms with E-state index in [1.165, 1.54) is 11.3 Å². The summed E-state index contributed by atoms with van der Waals surface area (Å²) >= 11 is 0. The molecule has 3 N–H and O–H groups in total. The number of benzene rings is 2. The molecule has 0 saturated carbocycles. The summed E-state index contributed by atoms with van der Waals surface area (Å²) in [5, 5.41) is 16.5. The van der Waals surface area contributed by atoms with E-state index < -0.39 is 0 Å². The van der Waals surface area contributed by atoms with Crippen molar-refractivity contribution in [3.63, 3.8) is 0 Å². The van der Waals surface area contributed by atoms with Crippen LogP contribution in [0.4, 0.5) is 5.69 Å². The number of aliphatic hydroxyl groups excluding tert-OH is 1. The number of nitrogens with zero attached hydrogens (tertiary/aromatic N) is 3. The number of aliphatic hydroxyl groups is 1. The van der Waals surface area contributed by atoms with Gasteiger partial charge in [-0.05, 0) is 43.1 Å². The predicted octanol–water partition coefficient (Wildman–Crippen LogP) is 2.45. The second-order valence-electron chi connectivity index (χ2n) is 8.19. The minimum Gasteiger partial charge on any atom is -0.396 e. The number of hydrogen-bond acceptors (Lipinski definition) is 4. The summed E-state index contributed by atoms with van der Waals surface area (Å²) in [5.74, 6) is 0.850. The Morgan fingerprint density at radius 3 is 2.48 bits per heavy atom. The second kappa shape index (κ2) is 12.3. The first-order chi connectivity index (χ1) is 15.2. The van der Waals surface area contributed by atoms with Crippen molar-refractivity contribution >= 4 is 11.6 Å². The van der Waals surface area contributed by atoms with E-state index in [4.69, 9.17) is 0 Å². The Kier molecular flexibility index (Phi) is 9.18. The van der Waals surface area contributed by atoms with Crippen molar-refractivity contribution in [1.82, 2.24) is 15.5 Å². The van der Waals surface area contributed by atoms with Crippen molar-refractivity contribution in [1.29, 1.82) is 0 Å². The Hall–Kier alpha value is -2.57. The van der Waals surface area contributed by atoms with Crippen molar-refractivity contribution in [2.45, 2.75) is 19.3 Å². The molecule has 1 heterocycles. The SMILES string of the molecule is CN=C(NCCCN1CCN(c2cccc(C)c2)CC1)NCC(CO)c1ccccc1. The van der Waals surface area contributed by atoms with Crippen LogP contribution in [-0.4, -0.2) is 75.4 Å². The van der Waals surface area contributed by atoms with E-state index in [1.807, 2.05) is 18.2 Å². The number of aryl methyl sites for hydroxylation is 1. The maximum absolute atomic E-state index is 9.72. The van der Waals surface area contributed by atoms with Gasteiger partial charge in [0.15, 0.2) is 5.96 Å². The first-order valence-electron chi connectivity index (χ1n) is 11.3. The smallest absolute Gasteiger partial charge is 0.191 e. The molecule has 1 atom stereocenters. The average molecular weight is 424 g/mol. The first kappa shape index (κ1) is 23.1. The van der Waals surface area contributed by atoms with Crippen LogP contribution in [0.5, 0.6) is 0 Å². The Morgan fingerprint density at radius 2 is 1.81 bits per heavy atom. The van der Waals surface area contributed by atoms with Crippen LogP contribution in [-0.2, 0) is 0 Å². The highest BCUT2D eigenvalue weighted by Crippen LogP contribution is 2.18. The van der Waals surface area contributed by atoms with Crippen molar-refractivity contribution in [3.05, 3.63) is 65.7 Å². The first-order valence-corrected chi connectivity index (χ1v) is 11.3. The Balaban J connectivity index is 1.32. The maximum Gasteiger partial charge on any atom is 0.191 e. The van der Waals surface area contributed by atoms with Gasteiger partial charge in [0.2, 0.25) is 0 Å². The molecule has 2 aromatic carbocycles. The molecule has 1 unspecified atom stereocenters. The molecule has 1 aliphatic heterocycles. The highest BCUT2D eigenvalue weighted by molar-refractivity contribution is 5.79. The van der Waals surface area contributed by atoms with Gasteiger partial charge in [-0.2, -0.15) is 0 Å². The predicted molar refractivity (Wildman–Crippen MR) is 130 cm³/mol. The number of anilines is 1. The number of aliphatic imine (C=N–C) groups is 1. The molecule has 0 radical (unpaired) electrons. The van der Waals surface area contributed by atoms with Crippen molar-refractivity contribution in [3.8, 4) is 0 Å². The Morgan fingerprint density at radius 1 is 1.03 bits per heavy atom.